The highest BCUT2D eigenvalue weighted by Crippen LogP contribution is 2.37. The number of hydrogen-bond donors (Lipinski definition) is 1. The van der Waals surface area contributed by atoms with Gasteiger partial charge in [-0.1, -0.05) is 35.0 Å². The van der Waals surface area contributed by atoms with Crippen molar-refractivity contribution in [2.75, 3.05) is 18.2 Å². The fourth-order valence-corrected chi connectivity index (χ4v) is 3.86. The van der Waals surface area contributed by atoms with E-state index in [4.69, 9.17) is 9.47 Å². The van der Waals surface area contributed by atoms with Crippen molar-refractivity contribution in [3.63, 3.8) is 0 Å². The molecule has 1 fully saturated rings. The van der Waals surface area contributed by atoms with Crippen molar-refractivity contribution in [1.29, 1.82) is 0 Å². The van der Waals surface area contributed by atoms with Crippen molar-refractivity contribution in [2.45, 2.75) is 25.8 Å². The number of fused-ring (bicyclic) bond motifs is 1. The molecule has 7 heteroatoms. The number of benzene rings is 2. The predicted octanol–water partition coefficient (Wildman–Crippen LogP) is 3.80. The number of halogens is 1. The zero-order chi connectivity index (χ0) is 19.7. The van der Waals surface area contributed by atoms with E-state index in [0.29, 0.717) is 18.0 Å². The summed E-state index contributed by atoms with van der Waals surface area (Å²) < 4.78 is 11.7. The van der Waals surface area contributed by atoms with E-state index in [1.807, 2.05) is 37.3 Å². The van der Waals surface area contributed by atoms with E-state index in [0.717, 1.165) is 22.1 Å². The quantitative estimate of drug-likeness (QED) is 0.761. The Balaban J connectivity index is 1.44. The second-order valence-electron chi connectivity index (χ2n) is 6.96. The summed E-state index contributed by atoms with van der Waals surface area (Å²) in [5.41, 5.74) is 1.78. The van der Waals surface area contributed by atoms with Crippen LogP contribution in [0, 0.1) is 5.92 Å². The Morgan fingerprint density at radius 3 is 2.71 bits per heavy atom. The lowest BCUT2D eigenvalue weighted by Gasteiger charge is -2.21. The van der Waals surface area contributed by atoms with E-state index < -0.39 is 0 Å². The van der Waals surface area contributed by atoms with Gasteiger partial charge in [0.25, 0.3) is 0 Å². The van der Waals surface area contributed by atoms with Crippen LogP contribution in [0.3, 0.4) is 0 Å². The second kappa shape index (κ2) is 7.83. The molecule has 1 N–H and O–H groups in total. The van der Waals surface area contributed by atoms with Crippen LogP contribution >= 0.6 is 15.9 Å². The Bertz CT molecular complexity index is 900. The Morgan fingerprint density at radius 1 is 1.21 bits per heavy atom. The predicted molar refractivity (Wildman–Crippen MR) is 108 cm³/mol. The van der Waals surface area contributed by atoms with E-state index in [1.54, 1.807) is 17.0 Å². The summed E-state index contributed by atoms with van der Waals surface area (Å²) in [4.78, 5) is 27.0. The maximum absolute atomic E-state index is 12.8. The van der Waals surface area contributed by atoms with Crippen LogP contribution in [0.25, 0.3) is 0 Å². The molecule has 2 aromatic rings. The van der Waals surface area contributed by atoms with Crippen LogP contribution in [-0.2, 0) is 9.59 Å². The zero-order valence-corrected chi connectivity index (χ0v) is 17.1. The molecule has 28 heavy (non-hydrogen) atoms. The van der Waals surface area contributed by atoms with Gasteiger partial charge in [-0.2, -0.15) is 0 Å². The molecule has 0 aliphatic carbocycles. The summed E-state index contributed by atoms with van der Waals surface area (Å²) in [5.74, 6) is 0.772. The minimum Gasteiger partial charge on any atom is -0.454 e. The van der Waals surface area contributed by atoms with Crippen molar-refractivity contribution in [3.05, 3.63) is 52.5 Å². The Morgan fingerprint density at radius 2 is 1.96 bits per heavy atom. The highest BCUT2D eigenvalue weighted by Gasteiger charge is 2.36. The second-order valence-corrected chi connectivity index (χ2v) is 7.88. The van der Waals surface area contributed by atoms with Gasteiger partial charge in [-0.25, -0.2) is 0 Å². The molecule has 0 saturated carbocycles. The van der Waals surface area contributed by atoms with Gasteiger partial charge in [0, 0.05) is 29.2 Å². The van der Waals surface area contributed by atoms with E-state index in [1.165, 1.54) is 0 Å². The number of nitrogens with zero attached hydrogens (tertiary/aromatic N) is 1. The molecule has 2 heterocycles. The molecule has 0 radical (unpaired) electrons. The molecule has 2 aliphatic rings. The monoisotopic (exact) mass is 444 g/mol. The van der Waals surface area contributed by atoms with Gasteiger partial charge in [-0.3, -0.25) is 9.59 Å². The minimum absolute atomic E-state index is 0.0595. The van der Waals surface area contributed by atoms with Gasteiger partial charge in [0.2, 0.25) is 18.6 Å². The lowest BCUT2D eigenvalue weighted by molar-refractivity contribution is -0.127. The first-order valence-electron chi connectivity index (χ1n) is 9.31. The third-order valence-corrected chi connectivity index (χ3v) is 5.69. The van der Waals surface area contributed by atoms with E-state index in [-0.39, 0.29) is 37.0 Å². The Kier molecular flexibility index (Phi) is 5.26. The van der Waals surface area contributed by atoms with Crippen molar-refractivity contribution < 1.29 is 19.1 Å². The van der Waals surface area contributed by atoms with Crippen LogP contribution in [0.2, 0.25) is 0 Å². The van der Waals surface area contributed by atoms with E-state index in [9.17, 15) is 9.59 Å². The average Bonchev–Trinajstić information content (AvgIpc) is 3.32. The van der Waals surface area contributed by atoms with Crippen molar-refractivity contribution >= 4 is 33.4 Å². The average molecular weight is 445 g/mol. The standard InChI is InChI=1S/C21H21BrN2O4/c1-2-17(13-3-5-15(22)6-4-13)23-21(26)14-9-20(25)24(11-14)16-7-8-18-19(10-16)28-12-27-18/h3-8,10,14,17H,2,9,11-12H2,1H3,(H,23,26). The number of ether oxygens (including phenoxy) is 2. The van der Waals surface area contributed by atoms with Gasteiger partial charge in [-0.05, 0) is 36.2 Å². The van der Waals surface area contributed by atoms with Gasteiger partial charge >= 0.3 is 0 Å². The third-order valence-electron chi connectivity index (χ3n) is 5.16. The number of carbonyl (C=O) groups is 2. The summed E-state index contributed by atoms with van der Waals surface area (Å²) in [6.45, 7) is 2.58. The van der Waals surface area contributed by atoms with Crippen LogP contribution in [0.5, 0.6) is 11.5 Å². The molecule has 0 aromatic heterocycles. The molecule has 1 saturated heterocycles. The molecule has 4 rings (SSSR count). The summed E-state index contributed by atoms with van der Waals surface area (Å²) in [6.07, 6.45) is 0.983. The van der Waals surface area contributed by atoms with Crippen LogP contribution in [-0.4, -0.2) is 25.2 Å². The van der Waals surface area contributed by atoms with Crippen molar-refractivity contribution in [2.24, 2.45) is 5.92 Å². The highest BCUT2D eigenvalue weighted by molar-refractivity contribution is 9.10. The molecule has 6 nitrogen and oxygen atoms in total. The number of nitrogens with one attached hydrogen (secondary N) is 1. The summed E-state index contributed by atoms with van der Waals surface area (Å²) in [6, 6.07) is 13.2. The summed E-state index contributed by atoms with van der Waals surface area (Å²) in [7, 11) is 0. The van der Waals surface area contributed by atoms with Gasteiger partial charge in [0.15, 0.2) is 11.5 Å². The Hall–Kier alpha value is -2.54. The molecule has 2 aliphatic heterocycles. The first kappa shape index (κ1) is 18.8. The Labute approximate surface area is 171 Å². The van der Waals surface area contributed by atoms with Crippen LogP contribution < -0.4 is 19.7 Å². The molecule has 146 valence electrons. The molecule has 2 unspecified atom stereocenters. The normalized spacial score (nSPS) is 19.0. The fraction of sp³-hybridized carbons (Fsp3) is 0.333. The first-order valence-corrected chi connectivity index (χ1v) is 10.1. The van der Waals surface area contributed by atoms with Gasteiger partial charge in [-0.15, -0.1) is 0 Å². The molecule has 2 amide bonds. The van der Waals surface area contributed by atoms with Crippen molar-refractivity contribution in [3.8, 4) is 11.5 Å². The van der Waals surface area contributed by atoms with Gasteiger partial charge in [0.05, 0.1) is 12.0 Å². The maximum atomic E-state index is 12.8. The first-order chi connectivity index (χ1) is 13.5. The minimum atomic E-state index is -0.373. The van der Waals surface area contributed by atoms with Crippen LogP contribution in [0.15, 0.2) is 46.9 Å². The van der Waals surface area contributed by atoms with E-state index >= 15 is 0 Å². The van der Waals surface area contributed by atoms with Crippen LogP contribution in [0.1, 0.15) is 31.4 Å². The summed E-state index contributed by atoms with van der Waals surface area (Å²) in [5, 5.41) is 3.10. The van der Waals surface area contributed by atoms with Gasteiger partial charge in [0.1, 0.15) is 0 Å². The largest absolute Gasteiger partial charge is 0.454 e. The van der Waals surface area contributed by atoms with Gasteiger partial charge < -0.3 is 19.7 Å². The van der Waals surface area contributed by atoms with Crippen LogP contribution in [0.4, 0.5) is 5.69 Å². The maximum Gasteiger partial charge on any atom is 0.231 e. The topological polar surface area (TPSA) is 67.9 Å². The fourth-order valence-electron chi connectivity index (χ4n) is 3.59. The zero-order valence-electron chi connectivity index (χ0n) is 15.5. The van der Waals surface area contributed by atoms with E-state index in [2.05, 4.69) is 21.2 Å². The number of carbonyl (C=O) groups excluding carboxylic acids is 2. The molecule has 0 spiro atoms. The molecule has 2 atom stereocenters. The molecular formula is C21H21BrN2O4. The summed E-state index contributed by atoms with van der Waals surface area (Å²) >= 11 is 3.43. The SMILES string of the molecule is CCC(NC(=O)C1CC(=O)N(c2ccc3c(c2)OCO3)C1)c1ccc(Br)cc1. The molecule has 2 aromatic carbocycles. The lowest BCUT2D eigenvalue weighted by atomic mass is 10.0. The number of amides is 2. The number of anilines is 1. The highest BCUT2D eigenvalue weighted by atomic mass is 79.9. The molecule has 0 bridgehead atoms. The third kappa shape index (κ3) is 3.71. The van der Waals surface area contributed by atoms with Crippen molar-refractivity contribution in [1.82, 2.24) is 5.32 Å². The molecular weight excluding hydrogens is 424 g/mol. The number of hydrogen-bond acceptors (Lipinski definition) is 4. The number of rotatable bonds is 5. The smallest absolute Gasteiger partial charge is 0.231 e. The lowest BCUT2D eigenvalue weighted by Crippen LogP contribution is -2.35.